The molecule has 1 aromatic heterocycles. The van der Waals surface area contributed by atoms with Crippen LogP contribution in [-0.4, -0.2) is 13.4 Å². The summed E-state index contributed by atoms with van der Waals surface area (Å²) in [4.78, 5) is 3.52. The maximum absolute atomic E-state index is 13.8. The summed E-state index contributed by atoms with van der Waals surface area (Å²) in [5.74, 6) is -0.828. The van der Waals surface area contributed by atoms with Gasteiger partial charge >= 0.3 is 0 Å². The molecule has 2 aromatic rings. The zero-order valence-electron chi connectivity index (χ0n) is 10.8. The van der Waals surface area contributed by atoms with Crippen molar-refractivity contribution in [3.8, 4) is 0 Å². The Morgan fingerprint density at radius 1 is 1.35 bits per heavy atom. The quantitative estimate of drug-likeness (QED) is 0.839. The van der Waals surface area contributed by atoms with Crippen LogP contribution in [-0.2, 0) is 16.6 Å². The van der Waals surface area contributed by atoms with Crippen LogP contribution in [0.5, 0.6) is 0 Å². The molecule has 0 amide bonds. The van der Waals surface area contributed by atoms with Crippen molar-refractivity contribution >= 4 is 15.7 Å². The van der Waals surface area contributed by atoms with Crippen LogP contribution in [0.4, 0.5) is 10.1 Å². The Morgan fingerprint density at radius 2 is 2.10 bits per heavy atom. The molecule has 3 N–H and O–H groups in total. The van der Waals surface area contributed by atoms with Gasteiger partial charge in [-0.15, -0.1) is 0 Å². The molecule has 0 radical (unpaired) electrons. The summed E-state index contributed by atoms with van der Waals surface area (Å²) in [5, 5.41) is 0. The van der Waals surface area contributed by atoms with Gasteiger partial charge in [-0.2, -0.15) is 0 Å². The lowest BCUT2D eigenvalue weighted by molar-refractivity contribution is 0.556. The third-order valence-corrected chi connectivity index (χ3v) is 4.20. The molecular formula is C13H14FN3O2S. The van der Waals surface area contributed by atoms with Crippen molar-refractivity contribution in [3.63, 3.8) is 0 Å². The van der Waals surface area contributed by atoms with E-state index in [0.29, 0.717) is 11.3 Å². The zero-order chi connectivity index (χ0) is 14.8. The normalized spacial score (nSPS) is 11.5. The highest BCUT2D eigenvalue weighted by atomic mass is 32.2. The first kappa shape index (κ1) is 14.4. The molecule has 0 bridgehead atoms. The van der Waals surface area contributed by atoms with Crippen LogP contribution < -0.4 is 10.5 Å². The van der Waals surface area contributed by atoms with Gasteiger partial charge in [0.1, 0.15) is 10.7 Å². The van der Waals surface area contributed by atoms with Crippen molar-refractivity contribution < 1.29 is 12.8 Å². The monoisotopic (exact) mass is 295 g/mol. The first-order valence-corrected chi connectivity index (χ1v) is 7.33. The van der Waals surface area contributed by atoms with E-state index in [9.17, 15) is 12.8 Å². The lowest BCUT2D eigenvalue weighted by atomic mass is 10.2. The minimum Gasteiger partial charge on any atom is -0.398 e. The number of sulfonamides is 1. The first-order valence-electron chi connectivity index (χ1n) is 5.85. The van der Waals surface area contributed by atoms with Crippen molar-refractivity contribution in [3.05, 3.63) is 53.6 Å². The van der Waals surface area contributed by atoms with Gasteiger partial charge in [-0.3, -0.25) is 4.98 Å². The van der Waals surface area contributed by atoms with Crippen molar-refractivity contribution in [2.24, 2.45) is 0 Å². The highest BCUT2D eigenvalue weighted by Crippen LogP contribution is 2.21. The molecule has 0 atom stereocenters. The molecule has 0 aliphatic heterocycles. The van der Waals surface area contributed by atoms with Crippen molar-refractivity contribution in [2.75, 3.05) is 5.73 Å². The summed E-state index contributed by atoms with van der Waals surface area (Å²) in [7, 11) is -3.97. The van der Waals surface area contributed by atoms with E-state index < -0.39 is 20.7 Å². The smallest absolute Gasteiger partial charge is 0.243 e. The number of nitrogens with zero attached hydrogens (tertiary/aromatic N) is 1. The summed E-state index contributed by atoms with van der Waals surface area (Å²) in [6.45, 7) is 1.59. The van der Waals surface area contributed by atoms with Crippen LogP contribution in [0, 0.1) is 12.7 Å². The Hall–Kier alpha value is -1.99. The standard InChI is InChI=1S/C13H14FN3O2S/c1-9-6-11(14)13(7-12(9)15)20(18,19)17-8-10-4-2-3-5-16-10/h2-7,17H,8,15H2,1H3. The van der Waals surface area contributed by atoms with Crippen LogP contribution in [0.25, 0.3) is 0 Å². The maximum Gasteiger partial charge on any atom is 0.243 e. The van der Waals surface area contributed by atoms with Crippen molar-refractivity contribution in [2.45, 2.75) is 18.4 Å². The second-order valence-electron chi connectivity index (χ2n) is 4.28. The number of hydrogen-bond acceptors (Lipinski definition) is 4. The van der Waals surface area contributed by atoms with Gasteiger partial charge < -0.3 is 5.73 Å². The molecule has 7 heteroatoms. The molecule has 0 aliphatic carbocycles. The Bertz CT molecular complexity index is 718. The van der Waals surface area contributed by atoms with E-state index in [-0.39, 0.29) is 12.2 Å². The predicted octanol–water partition coefficient (Wildman–Crippen LogP) is 1.59. The van der Waals surface area contributed by atoms with Gasteiger partial charge in [0.05, 0.1) is 12.2 Å². The van der Waals surface area contributed by atoms with Crippen LogP contribution in [0.15, 0.2) is 41.4 Å². The minimum atomic E-state index is -3.97. The van der Waals surface area contributed by atoms with E-state index in [1.807, 2.05) is 0 Å². The number of rotatable bonds is 4. The Morgan fingerprint density at radius 3 is 2.75 bits per heavy atom. The number of nitrogens with one attached hydrogen (secondary N) is 1. The second kappa shape index (κ2) is 5.56. The Labute approximate surface area is 116 Å². The SMILES string of the molecule is Cc1cc(F)c(S(=O)(=O)NCc2ccccn2)cc1N. The van der Waals surface area contributed by atoms with E-state index in [1.165, 1.54) is 0 Å². The van der Waals surface area contributed by atoms with Gasteiger partial charge in [0.15, 0.2) is 0 Å². The molecule has 20 heavy (non-hydrogen) atoms. The summed E-state index contributed by atoms with van der Waals surface area (Å²) in [6.07, 6.45) is 1.55. The molecule has 1 heterocycles. The van der Waals surface area contributed by atoms with Gasteiger partial charge in [-0.1, -0.05) is 6.07 Å². The van der Waals surface area contributed by atoms with E-state index in [0.717, 1.165) is 12.1 Å². The highest BCUT2D eigenvalue weighted by molar-refractivity contribution is 7.89. The first-order chi connectivity index (χ1) is 9.40. The fraction of sp³-hybridized carbons (Fsp3) is 0.154. The average molecular weight is 295 g/mol. The fourth-order valence-electron chi connectivity index (χ4n) is 1.62. The summed E-state index contributed by atoms with van der Waals surface area (Å²) >= 11 is 0. The summed E-state index contributed by atoms with van der Waals surface area (Å²) < 4.78 is 40.2. The minimum absolute atomic E-state index is 0.0175. The average Bonchev–Trinajstić information content (AvgIpc) is 2.42. The molecule has 0 aliphatic rings. The number of hydrogen-bond donors (Lipinski definition) is 2. The van der Waals surface area contributed by atoms with Crippen LogP contribution in [0.1, 0.15) is 11.3 Å². The fourth-order valence-corrected chi connectivity index (χ4v) is 2.72. The van der Waals surface area contributed by atoms with Crippen molar-refractivity contribution in [1.29, 1.82) is 0 Å². The number of pyridine rings is 1. The lowest BCUT2D eigenvalue weighted by Gasteiger charge is -2.09. The van der Waals surface area contributed by atoms with Gasteiger partial charge in [0.25, 0.3) is 0 Å². The molecular weight excluding hydrogens is 281 g/mol. The van der Waals surface area contributed by atoms with Gasteiger partial charge in [-0.25, -0.2) is 17.5 Å². The summed E-state index contributed by atoms with van der Waals surface area (Å²) in [5.41, 5.74) is 6.88. The van der Waals surface area contributed by atoms with Crippen LogP contribution in [0.2, 0.25) is 0 Å². The number of benzene rings is 1. The number of nitrogen functional groups attached to an aromatic ring is 1. The molecule has 5 nitrogen and oxygen atoms in total. The zero-order valence-corrected chi connectivity index (χ0v) is 11.6. The summed E-state index contributed by atoms with van der Waals surface area (Å²) in [6, 6.07) is 7.35. The lowest BCUT2D eigenvalue weighted by Crippen LogP contribution is -2.24. The number of nitrogens with two attached hydrogens (primary N) is 1. The highest BCUT2D eigenvalue weighted by Gasteiger charge is 2.20. The molecule has 0 unspecified atom stereocenters. The number of aromatic nitrogens is 1. The molecule has 0 spiro atoms. The number of anilines is 1. The molecule has 0 saturated heterocycles. The van der Waals surface area contributed by atoms with E-state index >= 15 is 0 Å². The third-order valence-electron chi connectivity index (χ3n) is 2.78. The molecule has 0 fully saturated rings. The Kier molecular flexibility index (Phi) is 4.01. The van der Waals surface area contributed by atoms with Gasteiger partial charge in [0, 0.05) is 11.9 Å². The second-order valence-corrected chi connectivity index (χ2v) is 6.02. The van der Waals surface area contributed by atoms with E-state index in [4.69, 9.17) is 5.73 Å². The largest absolute Gasteiger partial charge is 0.398 e. The molecule has 106 valence electrons. The van der Waals surface area contributed by atoms with Crippen LogP contribution in [0.3, 0.4) is 0 Å². The number of halogens is 1. The third kappa shape index (κ3) is 3.12. The van der Waals surface area contributed by atoms with Crippen LogP contribution >= 0.6 is 0 Å². The molecule has 1 aromatic carbocycles. The topological polar surface area (TPSA) is 85.1 Å². The molecule has 2 rings (SSSR count). The maximum atomic E-state index is 13.8. The van der Waals surface area contributed by atoms with Crippen molar-refractivity contribution in [1.82, 2.24) is 9.71 Å². The van der Waals surface area contributed by atoms with Gasteiger partial charge in [-0.05, 0) is 36.8 Å². The Balaban J connectivity index is 2.25. The predicted molar refractivity (Wildman–Crippen MR) is 73.8 cm³/mol. The van der Waals surface area contributed by atoms with E-state index in [1.54, 1.807) is 31.3 Å². The number of aryl methyl sites for hydroxylation is 1. The van der Waals surface area contributed by atoms with E-state index in [2.05, 4.69) is 9.71 Å². The van der Waals surface area contributed by atoms with Gasteiger partial charge in [0.2, 0.25) is 10.0 Å². The molecule has 0 saturated carbocycles.